The Morgan fingerprint density at radius 1 is 1.06 bits per heavy atom. The standard InChI is InChI=1S/C22H26FN7S/c1-13-24-22(31-28-13)29-11-15-4-5-16(12-29)19(15)25-21-26-20-18(3-2-10-30(20)27-21)14-6-8-17(23)9-7-14/h6-9,15-16,18-19H,2-5,10-12H2,1H3,(H,25,27)/t15-,16?,18?,19?/m1/s1. The second-order valence-corrected chi connectivity index (χ2v) is 9.79. The first kappa shape index (κ1) is 19.2. The molecule has 31 heavy (non-hydrogen) atoms. The van der Waals surface area contributed by atoms with Gasteiger partial charge in [0.2, 0.25) is 11.1 Å². The van der Waals surface area contributed by atoms with Gasteiger partial charge in [-0.15, -0.1) is 5.10 Å². The van der Waals surface area contributed by atoms with Crippen molar-refractivity contribution in [1.82, 2.24) is 24.1 Å². The van der Waals surface area contributed by atoms with Crippen molar-refractivity contribution in [1.29, 1.82) is 0 Å². The largest absolute Gasteiger partial charge is 0.350 e. The molecule has 2 aliphatic heterocycles. The first-order chi connectivity index (χ1) is 15.1. The molecule has 7 nitrogen and oxygen atoms in total. The first-order valence-electron chi connectivity index (χ1n) is 11.2. The van der Waals surface area contributed by atoms with E-state index in [1.807, 2.05) is 23.7 Å². The number of nitrogens with one attached hydrogen (secondary N) is 1. The molecule has 1 saturated heterocycles. The second kappa shape index (κ2) is 7.55. The van der Waals surface area contributed by atoms with Gasteiger partial charge in [0.25, 0.3) is 0 Å². The van der Waals surface area contributed by atoms with Crippen LogP contribution >= 0.6 is 11.5 Å². The smallest absolute Gasteiger partial charge is 0.242 e. The summed E-state index contributed by atoms with van der Waals surface area (Å²) in [6, 6.07) is 7.23. The zero-order valence-corrected chi connectivity index (χ0v) is 18.4. The number of rotatable bonds is 4. The summed E-state index contributed by atoms with van der Waals surface area (Å²) in [6.45, 7) is 4.86. The molecule has 0 amide bonds. The maximum atomic E-state index is 13.4. The van der Waals surface area contributed by atoms with Crippen LogP contribution < -0.4 is 10.2 Å². The van der Waals surface area contributed by atoms with Crippen molar-refractivity contribution < 1.29 is 4.39 Å². The van der Waals surface area contributed by atoms with Gasteiger partial charge in [0.1, 0.15) is 17.5 Å². The molecule has 2 fully saturated rings. The van der Waals surface area contributed by atoms with Crippen molar-refractivity contribution in [2.45, 2.75) is 51.1 Å². The van der Waals surface area contributed by atoms with E-state index in [9.17, 15) is 4.39 Å². The van der Waals surface area contributed by atoms with Crippen LogP contribution in [0.3, 0.4) is 0 Å². The predicted molar refractivity (Wildman–Crippen MR) is 118 cm³/mol. The van der Waals surface area contributed by atoms with Crippen molar-refractivity contribution >= 4 is 22.6 Å². The molecule has 4 heterocycles. The van der Waals surface area contributed by atoms with Gasteiger partial charge in [-0.05, 0) is 62.1 Å². The molecule has 1 saturated carbocycles. The van der Waals surface area contributed by atoms with E-state index in [1.165, 1.54) is 36.5 Å². The minimum absolute atomic E-state index is 0.177. The third kappa shape index (κ3) is 3.48. The Morgan fingerprint density at radius 3 is 2.55 bits per heavy atom. The molecular formula is C22H26FN7S. The number of halogens is 1. The molecule has 3 aliphatic rings. The summed E-state index contributed by atoms with van der Waals surface area (Å²) >= 11 is 1.50. The van der Waals surface area contributed by atoms with Crippen LogP contribution in [0, 0.1) is 24.6 Å². The third-order valence-corrected chi connectivity index (χ3v) is 7.93. The summed E-state index contributed by atoms with van der Waals surface area (Å²) in [5, 5.41) is 9.54. The average Bonchev–Trinajstić information content (AvgIpc) is 3.44. The van der Waals surface area contributed by atoms with Crippen molar-refractivity contribution in [2.24, 2.45) is 11.8 Å². The quantitative estimate of drug-likeness (QED) is 0.666. The third-order valence-electron chi connectivity index (χ3n) is 7.06. The Bertz CT molecular complexity index is 1060. The molecule has 0 spiro atoms. The molecular weight excluding hydrogens is 413 g/mol. The number of benzene rings is 1. The Balaban J connectivity index is 1.20. The monoisotopic (exact) mass is 439 g/mol. The lowest BCUT2D eigenvalue weighted by atomic mass is 9.91. The highest BCUT2D eigenvalue weighted by Crippen LogP contribution is 2.41. The summed E-state index contributed by atoms with van der Waals surface area (Å²) in [6.07, 6.45) is 4.53. The van der Waals surface area contributed by atoms with E-state index in [4.69, 9.17) is 10.1 Å². The average molecular weight is 440 g/mol. The van der Waals surface area contributed by atoms with Gasteiger partial charge in [0, 0.05) is 43.1 Å². The summed E-state index contributed by atoms with van der Waals surface area (Å²) in [5.74, 6) is 3.70. The van der Waals surface area contributed by atoms with Gasteiger partial charge in [-0.1, -0.05) is 12.1 Å². The number of anilines is 2. The summed E-state index contributed by atoms with van der Waals surface area (Å²) in [4.78, 5) is 11.9. The van der Waals surface area contributed by atoms with Gasteiger partial charge in [0.15, 0.2) is 0 Å². The molecule has 1 aromatic carbocycles. The van der Waals surface area contributed by atoms with Crippen molar-refractivity contribution in [3.63, 3.8) is 0 Å². The van der Waals surface area contributed by atoms with Crippen LogP contribution in [-0.2, 0) is 6.54 Å². The van der Waals surface area contributed by atoms with Crippen LogP contribution in [0.25, 0.3) is 0 Å². The van der Waals surface area contributed by atoms with E-state index < -0.39 is 0 Å². The summed E-state index contributed by atoms with van der Waals surface area (Å²) in [7, 11) is 0. The van der Waals surface area contributed by atoms with Crippen LogP contribution in [0.4, 0.5) is 15.5 Å². The highest BCUT2D eigenvalue weighted by Gasteiger charge is 2.43. The molecule has 3 unspecified atom stereocenters. The maximum Gasteiger partial charge on any atom is 0.242 e. The van der Waals surface area contributed by atoms with Crippen LogP contribution in [0.5, 0.6) is 0 Å². The van der Waals surface area contributed by atoms with E-state index >= 15 is 0 Å². The number of fused-ring (bicyclic) bond motifs is 3. The lowest BCUT2D eigenvalue weighted by molar-refractivity contribution is 0.376. The fourth-order valence-corrected chi connectivity index (χ4v) is 6.29. The van der Waals surface area contributed by atoms with Crippen molar-refractivity contribution in [3.8, 4) is 0 Å². The number of hydrogen-bond acceptors (Lipinski definition) is 7. The van der Waals surface area contributed by atoms with Gasteiger partial charge in [0.05, 0.1) is 0 Å². The maximum absolute atomic E-state index is 13.4. The zero-order chi connectivity index (χ0) is 20.9. The molecule has 4 atom stereocenters. The topological polar surface area (TPSA) is 71.8 Å². The van der Waals surface area contributed by atoms with Crippen LogP contribution in [-0.4, -0.2) is 43.3 Å². The second-order valence-electron chi connectivity index (χ2n) is 9.06. The fraction of sp³-hybridized carbons (Fsp3) is 0.545. The zero-order valence-electron chi connectivity index (χ0n) is 17.5. The number of aromatic nitrogens is 5. The number of aryl methyl sites for hydroxylation is 2. The van der Waals surface area contributed by atoms with E-state index in [2.05, 4.69) is 19.6 Å². The minimum atomic E-state index is -0.200. The molecule has 2 aromatic heterocycles. The molecule has 6 rings (SSSR count). The van der Waals surface area contributed by atoms with Crippen LogP contribution in [0.2, 0.25) is 0 Å². The summed E-state index contributed by atoms with van der Waals surface area (Å²) < 4.78 is 19.8. The van der Waals surface area contributed by atoms with E-state index in [-0.39, 0.29) is 11.7 Å². The molecule has 9 heteroatoms. The highest BCUT2D eigenvalue weighted by atomic mass is 32.1. The van der Waals surface area contributed by atoms with Gasteiger partial charge in [-0.25, -0.2) is 14.1 Å². The Hall–Kier alpha value is -2.55. The Morgan fingerprint density at radius 2 is 1.84 bits per heavy atom. The van der Waals surface area contributed by atoms with Crippen molar-refractivity contribution in [3.05, 3.63) is 47.3 Å². The number of nitrogens with zero attached hydrogens (tertiary/aromatic N) is 6. The van der Waals surface area contributed by atoms with Crippen LogP contribution in [0.1, 0.15) is 48.8 Å². The highest BCUT2D eigenvalue weighted by molar-refractivity contribution is 7.09. The Labute approximate surface area is 184 Å². The van der Waals surface area contributed by atoms with Crippen LogP contribution in [0.15, 0.2) is 24.3 Å². The predicted octanol–water partition coefficient (Wildman–Crippen LogP) is 3.83. The lowest BCUT2D eigenvalue weighted by Crippen LogP contribution is -2.48. The first-order valence-corrected chi connectivity index (χ1v) is 11.9. The minimum Gasteiger partial charge on any atom is -0.350 e. The van der Waals surface area contributed by atoms with Gasteiger partial charge in [-0.2, -0.15) is 9.36 Å². The lowest BCUT2D eigenvalue weighted by Gasteiger charge is -2.37. The van der Waals surface area contributed by atoms with Gasteiger partial charge >= 0.3 is 0 Å². The molecule has 2 bridgehead atoms. The molecule has 1 aliphatic carbocycles. The van der Waals surface area contributed by atoms with Crippen molar-refractivity contribution in [2.75, 3.05) is 23.3 Å². The SMILES string of the molecule is Cc1nsc(N2CC3CC[C@H](C2)C3Nc2nc3n(n2)CCCC3c2ccc(F)cc2)n1. The number of piperidine rings is 1. The van der Waals surface area contributed by atoms with E-state index in [0.29, 0.717) is 17.9 Å². The van der Waals surface area contributed by atoms with E-state index in [0.717, 1.165) is 60.8 Å². The molecule has 1 N–H and O–H groups in total. The molecule has 3 aromatic rings. The molecule has 162 valence electrons. The van der Waals surface area contributed by atoms with E-state index in [1.54, 1.807) is 0 Å². The summed E-state index contributed by atoms with van der Waals surface area (Å²) in [5.41, 5.74) is 1.11. The normalized spacial score (nSPS) is 27.4. The Kier molecular flexibility index (Phi) is 4.66. The molecule has 0 radical (unpaired) electrons. The fourth-order valence-electron chi connectivity index (χ4n) is 5.60. The van der Waals surface area contributed by atoms with Gasteiger partial charge in [-0.3, -0.25) is 0 Å². The van der Waals surface area contributed by atoms with Gasteiger partial charge < -0.3 is 10.2 Å². The number of hydrogen-bond donors (Lipinski definition) is 1.